The highest BCUT2D eigenvalue weighted by Gasteiger charge is 2.42. The Morgan fingerprint density at radius 1 is 1.73 bits per heavy atom. The predicted molar refractivity (Wildman–Crippen MR) is 54.2 cm³/mol. The first-order valence-electron chi connectivity index (χ1n) is 4.54. The molecular weight excluding hydrogens is 218 g/mol. The van der Waals surface area contributed by atoms with Crippen molar-refractivity contribution in [1.82, 2.24) is 4.90 Å². The largest absolute Gasteiger partial charge is 0.477 e. The Hall–Kier alpha value is -1.01. The number of methoxy groups -OCH3 is 1. The van der Waals surface area contributed by atoms with Crippen molar-refractivity contribution in [2.75, 3.05) is 20.3 Å². The number of β-lactam (4-membered cyclic amide) rings is 1. The van der Waals surface area contributed by atoms with Gasteiger partial charge < -0.3 is 14.7 Å². The van der Waals surface area contributed by atoms with Crippen LogP contribution in [-0.4, -0.2) is 47.5 Å². The zero-order chi connectivity index (χ0) is 11.0. The van der Waals surface area contributed by atoms with Crippen LogP contribution >= 0.6 is 11.8 Å². The van der Waals surface area contributed by atoms with E-state index in [1.54, 1.807) is 4.90 Å². The van der Waals surface area contributed by atoms with Gasteiger partial charge in [-0.05, 0) is 5.57 Å². The molecule has 5 nitrogen and oxygen atoms in total. The highest BCUT2D eigenvalue weighted by Crippen LogP contribution is 2.40. The van der Waals surface area contributed by atoms with Crippen LogP contribution in [0.1, 0.15) is 6.42 Å². The number of carboxylic acids is 1. The molecule has 15 heavy (non-hydrogen) atoms. The lowest BCUT2D eigenvalue weighted by molar-refractivity contribution is -0.141. The molecular formula is C9H11NO4S. The third-order valence-electron chi connectivity index (χ3n) is 2.47. The first-order valence-corrected chi connectivity index (χ1v) is 5.42. The number of fused-ring (bicyclic) bond motifs is 1. The summed E-state index contributed by atoms with van der Waals surface area (Å²) in [5.41, 5.74) is 0.680. The molecule has 1 saturated heterocycles. The standard InChI is InChI=1S/C9H11NO4S/c1-14-4-5-3-10-6(11)2-7(10)15-8(5)9(12)13/h7H,2-4H2,1H3,(H,12,13). The smallest absolute Gasteiger partial charge is 0.342 e. The maximum atomic E-state index is 11.2. The summed E-state index contributed by atoms with van der Waals surface area (Å²) in [4.78, 5) is 24.2. The number of aliphatic carboxylic acids is 1. The number of carbonyl (C=O) groups excluding carboxylic acids is 1. The minimum absolute atomic E-state index is 0.0178. The van der Waals surface area contributed by atoms with E-state index in [2.05, 4.69) is 0 Å². The average molecular weight is 229 g/mol. The first kappa shape index (κ1) is 10.5. The van der Waals surface area contributed by atoms with Gasteiger partial charge in [-0.25, -0.2) is 4.79 Å². The van der Waals surface area contributed by atoms with Gasteiger partial charge in [0.25, 0.3) is 0 Å². The Labute approximate surface area is 91.1 Å². The summed E-state index contributed by atoms with van der Waals surface area (Å²) in [6.45, 7) is 0.664. The number of rotatable bonds is 3. The molecule has 2 aliphatic heterocycles. The van der Waals surface area contributed by atoms with Gasteiger partial charge in [0.1, 0.15) is 0 Å². The van der Waals surface area contributed by atoms with Crippen molar-refractivity contribution in [1.29, 1.82) is 0 Å². The van der Waals surface area contributed by atoms with Crippen LogP contribution in [0.3, 0.4) is 0 Å². The topological polar surface area (TPSA) is 66.8 Å². The van der Waals surface area contributed by atoms with Crippen molar-refractivity contribution in [3.8, 4) is 0 Å². The SMILES string of the molecule is COCC1=C(C(=O)O)SC2CC(=O)N2C1. The molecule has 0 aromatic carbocycles. The Bertz CT molecular complexity index is 352. The van der Waals surface area contributed by atoms with E-state index in [4.69, 9.17) is 9.84 Å². The monoisotopic (exact) mass is 229 g/mol. The molecule has 0 aliphatic carbocycles. The normalized spacial score (nSPS) is 25.0. The van der Waals surface area contributed by atoms with Gasteiger partial charge in [-0.15, -0.1) is 0 Å². The lowest BCUT2D eigenvalue weighted by Crippen LogP contribution is -2.53. The van der Waals surface area contributed by atoms with Gasteiger partial charge in [-0.1, -0.05) is 11.8 Å². The molecule has 2 aliphatic rings. The number of carbonyl (C=O) groups is 2. The zero-order valence-corrected chi connectivity index (χ0v) is 9.04. The molecule has 1 fully saturated rings. The van der Waals surface area contributed by atoms with Gasteiger partial charge in [0.05, 0.1) is 23.3 Å². The minimum Gasteiger partial charge on any atom is -0.477 e. The third-order valence-corrected chi connectivity index (χ3v) is 3.86. The maximum Gasteiger partial charge on any atom is 0.342 e. The molecule has 0 aromatic rings. The highest BCUT2D eigenvalue weighted by atomic mass is 32.2. The van der Waals surface area contributed by atoms with E-state index in [0.29, 0.717) is 23.4 Å². The Kier molecular flexibility index (Phi) is 2.70. The maximum absolute atomic E-state index is 11.2. The molecule has 2 rings (SSSR count). The van der Waals surface area contributed by atoms with Gasteiger partial charge in [-0.2, -0.15) is 0 Å². The van der Waals surface area contributed by atoms with Gasteiger partial charge in [0.2, 0.25) is 5.91 Å². The number of carboxylic acid groups (broad SMARTS) is 1. The molecule has 1 amide bonds. The number of hydrogen-bond acceptors (Lipinski definition) is 4. The van der Waals surface area contributed by atoms with Gasteiger partial charge >= 0.3 is 5.97 Å². The van der Waals surface area contributed by atoms with E-state index in [0.717, 1.165) is 0 Å². The van der Waals surface area contributed by atoms with Crippen LogP contribution in [0.25, 0.3) is 0 Å². The van der Waals surface area contributed by atoms with Gasteiger partial charge in [0.15, 0.2) is 0 Å². The van der Waals surface area contributed by atoms with E-state index in [-0.39, 0.29) is 17.9 Å². The van der Waals surface area contributed by atoms with Gasteiger partial charge in [0, 0.05) is 13.7 Å². The molecule has 6 heteroatoms. The Morgan fingerprint density at radius 3 is 3.00 bits per heavy atom. The quantitative estimate of drug-likeness (QED) is 0.704. The van der Waals surface area contributed by atoms with Crippen LogP contribution in [-0.2, 0) is 14.3 Å². The van der Waals surface area contributed by atoms with Crippen molar-refractivity contribution in [2.24, 2.45) is 0 Å². The molecule has 1 unspecified atom stereocenters. The Morgan fingerprint density at radius 2 is 2.47 bits per heavy atom. The Balaban J connectivity index is 2.21. The molecule has 1 atom stereocenters. The summed E-state index contributed by atoms with van der Waals surface area (Å²) in [5, 5.41) is 9.01. The third kappa shape index (κ3) is 1.74. The fourth-order valence-corrected chi connectivity index (χ4v) is 2.91. The van der Waals surface area contributed by atoms with Crippen LogP contribution < -0.4 is 0 Å². The summed E-state index contributed by atoms with van der Waals surface area (Å²) < 4.78 is 4.93. The van der Waals surface area contributed by atoms with Crippen LogP contribution in [0.4, 0.5) is 0 Å². The second-order valence-electron chi connectivity index (χ2n) is 3.47. The lowest BCUT2D eigenvalue weighted by atomic mass is 10.1. The number of nitrogens with zero attached hydrogens (tertiary/aromatic N) is 1. The van der Waals surface area contributed by atoms with Crippen molar-refractivity contribution in [2.45, 2.75) is 11.8 Å². The molecule has 0 bridgehead atoms. The second-order valence-corrected chi connectivity index (χ2v) is 4.66. The van der Waals surface area contributed by atoms with E-state index >= 15 is 0 Å². The van der Waals surface area contributed by atoms with Crippen molar-refractivity contribution >= 4 is 23.6 Å². The number of thioether (sulfide) groups is 1. The molecule has 1 N–H and O–H groups in total. The zero-order valence-electron chi connectivity index (χ0n) is 8.23. The first-order chi connectivity index (χ1) is 7.13. The highest BCUT2D eigenvalue weighted by molar-refractivity contribution is 8.04. The molecule has 0 saturated carbocycles. The molecule has 2 heterocycles. The molecule has 82 valence electrons. The van der Waals surface area contributed by atoms with E-state index in [1.807, 2.05) is 0 Å². The van der Waals surface area contributed by atoms with Crippen molar-refractivity contribution in [3.63, 3.8) is 0 Å². The fraction of sp³-hybridized carbons (Fsp3) is 0.556. The summed E-state index contributed by atoms with van der Waals surface area (Å²) in [5.74, 6) is -0.836. The van der Waals surface area contributed by atoms with Crippen molar-refractivity contribution in [3.05, 3.63) is 10.5 Å². The van der Waals surface area contributed by atoms with Crippen LogP contribution in [0, 0.1) is 0 Å². The van der Waals surface area contributed by atoms with E-state index < -0.39 is 5.97 Å². The lowest BCUT2D eigenvalue weighted by Gasteiger charge is -2.43. The predicted octanol–water partition coefficient (Wildman–Crippen LogP) is 0.277. The van der Waals surface area contributed by atoms with Crippen LogP contribution in [0.5, 0.6) is 0 Å². The van der Waals surface area contributed by atoms with Crippen LogP contribution in [0.2, 0.25) is 0 Å². The molecule has 0 aromatic heterocycles. The summed E-state index contributed by atoms with van der Waals surface area (Å²) in [7, 11) is 1.52. The summed E-state index contributed by atoms with van der Waals surface area (Å²) >= 11 is 1.25. The summed E-state index contributed by atoms with van der Waals surface area (Å²) in [6.07, 6.45) is 0.446. The second kappa shape index (κ2) is 3.86. The number of amides is 1. The fourth-order valence-electron chi connectivity index (χ4n) is 1.70. The van der Waals surface area contributed by atoms with Crippen LogP contribution in [0.15, 0.2) is 10.5 Å². The molecule has 0 spiro atoms. The van der Waals surface area contributed by atoms with E-state index in [1.165, 1.54) is 18.9 Å². The average Bonchev–Trinajstić information content (AvgIpc) is 2.18. The molecule has 0 radical (unpaired) electrons. The summed E-state index contributed by atoms with van der Waals surface area (Å²) in [6, 6.07) is 0. The number of hydrogen-bond donors (Lipinski definition) is 1. The van der Waals surface area contributed by atoms with Crippen molar-refractivity contribution < 1.29 is 19.4 Å². The number of ether oxygens (including phenoxy) is 1. The van der Waals surface area contributed by atoms with E-state index in [9.17, 15) is 9.59 Å². The minimum atomic E-state index is -0.925. The van der Waals surface area contributed by atoms with Gasteiger partial charge in [-0.3, -0.25) is 4.79 Å².